The summed E-state index contributed by atoms with van der Waals surface area (Å²) < 4.78 is 9.53. The van der Waals surface area contributed by atoms with Gasteiger partial charge in [-0.2, -0.15) is 0 Å². The van der Waals surface area contributed by atoms with E-state index in [0.717, 1.165) is 11.8 Å². The quantitative estimate of drug-likeness (QED) is 0.526. The van der Waals surface area contributed by atoms with Gasteiger partial charge in [-0.1, -0.05) is 19.0 Å². The highest BCUT2D eigenvalue weighted by molar-refractivity contribution is 8.00. The molecule has 26 heavy (non-hydrogen) atoms. The maximum Gasteiger partial charge on any atom is 0.321 e. The Balaban J connectivity index is 2.13. The molecule has 0 saturated heterocycles. The van der Waals surface area contributed by atoms with Crippen molar-refractivity contribution in [3.8, 4) is 0 Å². The largest absolute Gasteiger partial charge is 0.455 e. The predicted molar refractivity (Wildman–Crippen MR) is 94.5 cm³/mol. The van der Waals surface area contributed by atoms with Crippen LogP contribution in [0.15, 0.2) is 10.6 Å². The predicted octanol–water partition coefficient (Wildman–Crippen LogP) is 0.680. The molecule has 1 aromatic rings. The first-order chi connectivity index (χ1) is 12.3. The lowest BCUT2D eigenvalue weighted by molar-refractivity contribution is -0.145. The lowest BCUT2D eigenvalue weighted by Gasteiger charge is -2.09. The molecule has 3 N–H and O–H groups in total. The first-order valence-corrected chi connectivity index (χ1v) is 8.96. The smallest absolute Gasteiger partial charge is 0.321 e. The van der Waals surface area contributed by atoms with Crippen LogP contribution in [0.1, 0.15) is 19.6 Å². The summed E-state index contributed by atoms with van der Waals surface area (Å²) in [6.45, 7) is 5.37. The molecule has 11 heteroatoms. The fourth-order valence-corrected chi connectivity index (χ4v) is 2.13. The van der Waals surface area contributed by atoms with Crippen LogP contribution in [-0.2, 0) is 19.1 Å². The highest BCUT2D eigenvalue weighted by Crippen LogP contribution is 2.08. The first-order valence-electron chi connectivity index (χ1n) is 7.80. The summed E-state index contributed by atoms with van der Waals surface area (Å²) in [4.78, 5) is 45.9. The lowest BCUT2D eigenvalue weighted by atomic mass is 10.2. The molecule has 0 saturated carbocycles. The lowest BCUT2D eigenvalue weighted by Crippen LogP contribution is -2.42. The molecule has 0 aromatic carbocycles. The van der Waals surface area contributed by atoms with Crippen molar-refractivity contribution < 1.29 is 28.4 Å². The molecule has 0 bridgehead atoms. The number of hydrogen-bond acceptors (Lipinski definition) is 8. The summed E-state index contributed by atoms with van der Waals surface area (Å²) in [6, 6.07) is 0.918. The van der Waals surface area contributed by atoms with Gasteiger partial charge in [-0.15, -0.1) is 11.8 Å². The van der Waals surface area contributed by atoms with Crippen molar-refractivity contribution in [3.63, 3.8) is 0 Å². The van der Waals surface area contributed by atoms with Crippen LogP contribution in [0.25, 0.3) is 0 Å². The van der Waals surface area contributed by atoms with E-state index in [1.54, 1.807) is 13.0 Å². The minimum absolute atomic E-state index is 0.00477. The van der Waals surface area contributed by atoms with E-state index in [4.69, 9.17) is 9.26 Å². The van der Waals surface area contributed by atoms with Crippen LogP contribution >= 0.6 is 11.8 Å². The standard InChI is InChI=1S/C15H22N4O6S/c1-9(2)5-16-15(23)18-12(20)6-24-14(22)8-26-7-13(21)17-11-4-10(3)25-19-11/h4,9H,5-8H2,1-3H3,(H,17,19,21)(H2,16,18,20,23). The molecule has 10 nitrogen and oxygen atoms in total. The second-order valence-corrected chi connectivity index (χ2v) is 6.66. The van der Waals surface area contributed by atoms with E-state index < -0.39 is 24.5 Å². The Labute approximate surface area is 154 Å². The number of nitrogens with one attached hydrogen (secondary N) is 3. The normalized spacial score (nSPS) is 10.3. The number of imide groups is 1. The van der Waals surface area contributed by atoms with Gasteiger partial charge < -0.3 is 19.9 Å². The van der Waals surface area contributed by atoms with Gasteiger partial charge in [0.15, 0.2) is 12.4 Å². The molecule has 144 valence electrons. The number of ether oxygens (including phenoxy) is 1. The molecule has 0 atom stereocenters. The van der Waals surface area contributed by atoms with E-state index in [9.17, 15) is 19.2 Å². The Morgan fingerprint density at radius 3 is 2.58 bits per heavy atom. The zero-order chi connectivity index (χ0) is 19.5. The van der Waals surface area contributed by atoms with Gasteiger partial charge in [0.1, 0.15) is 5.76 Å². The fraction of sp³-hybridized carbons (Fsp3) is 0.533. The number of hydrogen-bond donors (Lipinski definition) is 3. The Hall–Kier alpha value is -2.56. The summed E-state index contributed by atoms with van der Waals surface area (Å²) in [7, 11) is 0. The van der Waals surface area contributed by atoms with Crippen molar-refractivity contribution >= 4 is 41.4 Å². The topological polar surface area (TPSA) is 140 Å². The SMILES string of the molecule is Cc1cc(NC(=O)CSCC(=O)OCC(=O)NC(=O)NCC(C)C)no1. The number of esters is 1. The summed E-state index contributed by atoms with van der Waals surface area (Å²) in [5, 5.41) is 10.7. The van der Waals surface area contributed by atoms with E-state index in [0.29, 0.717) is 18.1 Å². The monoisotopic (exact) mass is 386 g/mol. The van der Waals surface area contributed by atoms with Gasteiger partial charge in [0, 0.05) is 12.6 Å². The molecule has 0 spiro atoms. The van der Waals surface area contributed by atoms with Crippen molar-refractivity contribution in [1.82, 2.24) is 15.8 Å². The summed E-state index contributed by atoms with van der Waals surface area (Å²) in [5.41, 5.74) is 0. The zero-order valence-corrected chi connectivity index (χ0v) is 15.6. The molecular weight excluding hydrogens is 364 g/mol. The first kappa shape index (κ1) is 21.5. The Morgan fingerprint density at radius 1 is 1.23 bits per heavy atom. The van der Waals surface area contributed by atoms with Gasteiger partial charge in [-0.05, 0) is 12.8 Å². The molecule has 1 heterocycles. The molecule has 0 radical (unpaired) electrons. The second kappa shape index (κ2) is 11.1. The van der Waals surface area contributed by atoms with E-state index in [1.807, 2.05) is 19.2 Å². The number of nitrogens with zero attached hydrogens (tertiary/aromatic N) is 1. The number of aromatic nitrogens is 1. The average molecular weight is 386 g/mol. The van der Waals surface area contributed by atoms with E-state index in [2.05, 4.69) is 15.8 Å². The van der Waals surface area contributed by atoms with E-state index in [-0.39, 0.29) is 23.3 Å². The van der Waals surface area contributed by atoms with Crippen LogP contribution in [-0.4, -0.2) is 53.6 Å². The second-order valence-electron chi connectivity index (χ2n) is 5.68. The Bertz CT molecular complexity index is 646. The zero-order valence-electron chi connectivity index (χ0n) is 14.8. The van der Waals surface area contributed by atoms with Gasteiger partial charge in [-0.25, -0.2) is 4.79 Å². The number of carbonyl (C=O) groups is 4. The van der Waals surface area contributed by atoms with Gasteiger partial charge in [0.05, 0.1) is 11.5 Å². The minimum Gasteiger partial charge on any atom is -0.455 e. The third kappa shape index (κ3) is 9.67. The molecule has 4 amide bonds. The molecular formula is C15H22N4O6S. The molecule has 0 fully saturated rings. The third-order valence-electron chi connectivity index (χ3n) is 2.64. The van der Waals surface area contributed by atoms with Crippen LogP contribution < -0.4 is 16.0 Å². The number of carbonyl (C=O) groups excluding carboxylic acids is 4. The van der Waals surface area contributed by atoms with Crippen LogP contribution in [0.3, 0.4) is 0 Å². The average Bonchev–Trinajstić information content (AvgIpc) is 2.95. The van der Waals surface area contributed by atoms with Crippen molar-refractivity contribution in [2.24, 2.45) is 5.92 Å². The van der Waals surface area contributed by atoms with Crippen molar-refractivity contribution in [2.75, 3.05) is 30.0 Å². The maximum absolute atomic E-state index is 11.6. The van der Waals surface area contributed by atoms with Gasteiger partial charge in [0.2, 0.25) is 5.91 Å². The molecule has 1 aromatic heterocycles. The molecule has 0 unspecified atom stereocenters. The van der Waals surface area contributed by atoms with Crippen LogP contribution in [0.2, 0.25) is 0 Å². The number of thioether (sulfide) groups is 1. The van der Waals surface area contributed by atoms with Gasteiger partial charge in [0.25, 0.3) is 5.91 Å². The van der Waals surface area contributed by atoms with Crippen molar-refractivity contribution in [1.29, 1.82) is 0 Å². The summed E-state index contributed by atoms with van der Waals surface area (Å²) in [6.07, 6.45) is 0. The maximum atomic E-state index is 11.6. The number of anilines is 1. The molecule has 0 aliphatic carbocycles. The minimum atomic E-state index is -0.733. The summed E-state index contributed by atoms with van der Waals surface area (Å²) >= 11 is 1.02. The molecule has 0 aliphatic rings. The number of amides is 4. The third-order valence-corrected chi connectivity index (χ3v) is 3.54. The highest BCUT2D eigenvalue weighted by Gasteiger charge is 2.12. The van der Waals surface area contributed by atoms with Crippen LogP contribution in [0.5, 0.6) is 0 Å². The van der Waals surface area contributed by atoms with Gasteiger partial charge in [-0.3, -0.25) is 19.7 Å². The Morgan fingerprint density at radius 2 is 1.96 bits per heavy atom. The number of urea groups is 1. The summed E-state index contributed by atoms with van der Waals surface area (Å²) in [5.74, 6) is -0.757. The molecule has 1 rings (SSSR count). The van der Waals surface area contributed by atoms with Crippen LogP contribution in [0.4, 0.5) is 10.6 Å². The van der Waals surface area contributed by atoms with Crippen molar-refractivity contribution in [3.05, 3.63) is 11.8 Å². The van der Waals surface area contributed by atoms with Crippen molar-refractivity contribution in [2.45, 2.75) is 20.8 Å². The van der Waals surface area contributed by atoms with Gasteiger partial charge >= 0.3 is 12.0 Å². The van der Waals surface area contributed by atoms with E-state index in [1.165, 1.54) is 0 Å². The van der Waals surface area contributed by atoms with Crippen LogP contribution in [0, 0.1) is 12.8 Å². The molecule has 0 aliphatic heterocycles. The number of rotatable bonds is 9. The highest BCUT2D eigenvalue weighted by atomic mass is 32.2. The van der Waals surface area contributed by atoms with E-state index >= 15 is 0 Å². The Kier molecular flexibility index (Phi) is 9.20. The number of aryl methyl sites for hydroxylation is 1. The fourth-order valence-electron chi connectivity index (χ4n) is 1.52.